The second kappa shape index (κ2) is 9.01. The number of benzene rings is 2. The lowest BCUT2D eigenvalue weighted by Crippen LogP contribution is -2.34. The summed E-state index contributed by atoms with van der Waals surface area (Å²) in [4.78, 5) is 13.9. The van der Waals surface area contributed by atoms with Crippen LogP contribution in [0.15, 0.2) is 36.5 Å². The first kappa shape index (κ1) is 22.8. The van der Waals surface area contributed by atoms with E-state index in [0.717, 1.165) is 41.5 Å². The van der Waals surface area contributed by atoms with Crippen LogP contribution in [0, 0.1) is 20.8 Å². The molecule has 2 heterocycles. The lowest BCUT2D eigenvalue weighted by molar-refractivity contribution is -0.175. The average Bonchev–Trinajstić information content (AvgIpc) is 3.47. The van der Waals surface area contributed by atoms with Crippen molar-refractivity contribution in [3.8, 4) is 5.88 Å². The second-order valence-corrected chi connectivity index (χ2v) is 9.31. The van der Waals surface area contributed by atoms with Crippen molar-refractivity contribution in [1.29, 1.82) is 0 Å². The summed E-state index contributed by atoms with van der Waals surface area (Å²) in [7, 11) is 0. The Labute approximate surface area is 200 Å². The molecule has 0 atom stereocenters. The van der Waals surface area contributed by atoms with E-state index >= 15 is 0 Å². The fourth-order valence-electron chi connectivity index (χ4n) is 5.30. The predicted octanol–water partition coefficient (Wildman–Crippen LogP) is 5.17. The third-order valence-corrected chi connectivity index (χ3v) is 7.06. The average molecular weight is 461 g/mol. The van der Waals surface area contributed by atoms with Crippen molar-refractivity contribution in [3.05, 3.63) is 81.0 Å². The maximum Gasteiger partial charge on any atom is 0.223 e. The van der Waals surface area contributed by atoms with Crippen molar-refractivity contribution in [2.24, 2.45) is 0 Å². The van der Waals surface area contributed by atoms with E-state index < -0.39 is 5.79 Å². The molecule has 1 saturated heterocycles. The molecule has 0 radical (unpaired) electrons. The zero-order valence-electron chi connectivity index (χ0n) is 20.4. The summed E-state index contributed by atoms with van der Waals surface area (Å²) < 4.78 is 20.2. The van der Waals surface area contributed by atoms with Crippen LogP contribution >= 0.6 is 0 Å². The van der Waals surface area contributed by atoms with Crippen LogP contribution in [0.4, 0.5) is 0 Å². The number of aromatic nitrogens is 2. The molecule has 5 rings (SSSR count). The van der Waals surface area contributed by atoms with Crippen molar-refractivity contribution in [2.45, 2.75) is 65.9 Å². The Morgan fingerprint density at radius 3 is 2.56 bits per heavy atom. The van der Waals surface area contributed by atoms with Crippen LogP contribution in [0.3, 0.4) is 0 Å². The highest BCUT2D eigenvalue weighted by Crippen LogP contribution is 2.45. The van der Waals surface area contributed by atoms with Gasteiger partial charge in [0.1, 0.15) is 12.2 Å². The van der Waals surface area contributed by atoms with Gasteiger partial charge in [-0.15, -0.1) is 0 Å². The van der Waals surface area contributed by atoms with E-state index in [0.29, 0.717) is 43.4 Å². The highest BCUT2D eigenvalue weighted by atomic mass is 16.7. The summed E-state index contributed by atoms with van der Waals surface area (Å²) in [5, 5.41) is 4.44. The molecule has 2 aromatic carbocycles. The fraction of sp³-hybridized carbons (Fsp3) is 0.429. The number of aryl methyl sites for hydroxylation is 3. The molecular weight excluding hydrogens is 428 g/mol. The summed E-state index contributed by atoms with van der Waals surface area (Å²) in [5.41, 5.74) is 7.72. The zero-order chi connectivity index (χ0) is 23.9. The molecule has 0 unspecified atom stereocenters. The highest BCUT2D eigenvalue weighted by Gasteiger charge is 2.44. The molecule has 6 nitrogen and oxygen atoms in total. The van der Waals surface area contributed by atoms with Gasteiger partial charge in [-0.05, 0) is 68.9 Å². The van der Waals surface area contributed by atoms with Crippen molar-refractivity contribution in [2.75, 3.05) is 13.2 Å². The van der Waals surface area contributed by atoms with Gasteiger partial charge >= 0.3 is 0 Å². The van der Waals surface area contributed by atoms with Gasteiger partial charge in [0, 0.05) is 24.1 Å². The predicted molar refractivity (Wildman–Crippen MR) is 129 cm³/mol. The summed E-state index contributed by atoms with van der Waals surface area (Å²) in [6.45, 7) is 10.3. The van der Waals surface area contributed by atoms with Gasteiger partial charge in [-0.1, -0.05) is 29.8 Å². The molecule has 1 aliphatic heterocycles. The Morgan fingerprint density at radius 2 is 1.85 bits per heavy atom. The Hall–Kier alpha value is -2.96. The smallest absolute Gasteiger partial charge is 0.223 e. The summed E-state index contributed by atoms with van der Waals surface area (Å²) in [6.07, 6.45) is 4.43. The van der Waals surface area contributed by atoms with Gasteiger partial charge < -0.3 is 14.2 Å². The van der Waals surface area contributed by atoms with Gasteiger partial charge in [-0.2, -0.15) is 5.10 Å². The van der Waals surface area contributed by atoms with Gasteiger partial charge in [0.05, 0.1) is 19.4 Å². The van der Waals surface area contributed by atoms with Gasteiger partial charge in [0.25, 0.3) is 0 Å². The molecule has 0 N–H and O–H groups in total. The number of carbonyl (C=O) groups is 1. The fourth-order valence-corrected chi connectivity index (χ4v) is 5.30. The third-order valence-electron chi connectivity index (χ3n) is 7.06. The topological polar surface area (TPSA) is 62.6 Å². The molecular formula is C28H32N2O4. The van der Waals surface area contributed by atoms with E-state index in [1.165, 1.54) is 11.1 Å². The minimum absolute atomic E-state index is 0.0827. The van der Waals surface area contributed by atoms with Gasteiger partial charge in [-0.3, -0.25) is 4.79 Å². The van der Waals surface area contributed by atoms with E-state index in [-0.39, 0.29) is 5.78 Å². The highest BCUT2D eigenvalue weighted by molar-refractivity contribution is 6.11. The largest absolute Gasteiger partial charge is 0.472 e. The molecule has 2 aliphatic rings. The van der Waals surface area contributed by atoms with Crippen molar-refractivity contribution in [1.82, 2.24) is 9.78 Å². The first-order valence-electron chi connectivity index (χ1n) is 12.1. The van der Waals surface area contributed by atoms with Crippen LogP contribution in [0.2, 0.25) is 0 Å². The summed E-state index contributed by atoms with van der Waals surface area (Å²) in [6, 6.07) is 10.2. The molecule has 1 aromatic heterocycles. The van der Waals surface area contributed by atoms with Crippen LogP contribution in [-0.4, -0.2) is 28.8 Å². The van der Waals surface area contributed by atoms with Crippen LogP contribution in [0.25, 0.3) is 0 Å². The number of hydrogen-bond donors (Lipinski definition) is 0. The first-order valence-corrected chi connectivity index (χ1v) is 12.1. The molecule has 6 heteroatoms. The molecule has 3 aromatic rings. The minimum Gasteiger partial charge on any atom is -0.472 e. The van der Waals surface area contributed by atoms with Gasteiger partial charge in [-0.25, -0.2) is 4.68 Å². The van der Waals surface area contributed by atoms with E-state index in [1.54, 1.807) is 10.9 Å². The SMILES string of the molecule is CCn1ncc(C(=O)c2cc(C)c3c(c2C)C2(CCC3)OCCO2)c1OCc1ccc(C)cc1. The maximum atomic E-state index is 13.9. The first-order chi connectivity index (χ1) is 16.4. The number of carbonyl (C=O) groups excluding carboxylic acids is 1. The standard InChI is InChI=1S/C28H32N2O4/c1-5-30-27(32-17-21-10-8-18(2)9-11-21)24(16-29-30)26(31)23-15-19(3)22-7-6-12-28(25(22)20(23)4)33-13-14-34-28/h8-11,15-16H,5-7,12-14,17H2,1-4H3. The van der Waals surface area contributed by atoms with Crippen molar-refractivity contribution < 1.29 is 19.0 Å². The Bertz CT molecular complexity index is 1220. The number of ether oxygens (including phenoxy) is 3. The lowest BCUT2D eigenvalue weighted by atomic mass is 9.79. The monoisotopic (exact) mass is 460 g/mol. The number of fused-ring (bicyclic) bond motifs is 2. The Balaban J connectivity index is 1.52. The quantitative estimate of drug-likeness (QED) is 0.475. The van der Waals surface area contributed by atoms with E-state index in [2.05, 4.69) is 31.1 Å². The zero-order valence-corrected chi connectivity index (χ0v) is 20.4. The van der Waals surface area contributed by atoms with Crippen LogP contribution in [0.5, 0.6) is 5.88 Å². The van der Waals surface area contributed by atoms with Gasteiger partial charge in [0.2, 0.25) is 5.88 Å². The minimum atomic E-state index is -0.725. The summed E-state index contributed by atoms with van der Waals surface area (Å²) >= 11 is 0. The maximum absolute atomic E-state index is 13.9. The Morgan fingerprint density at radius 1 is 1.12 bits per heavy atom. The molecule has 1 spiro atoms. The van der Waals surface area contributed by atoms with E-state index in [9.17, 15) is 4.79 Å². The normalized spacial score (nSPS) is 16.6. The number of rotatable bonds is 6. The van der Waals surface area contributed by atoms with E-state index in [4.69, 9.17) is 14.2 Å². The summed E-state index contributed by atoms with van der Waals surface area (Å²) in [5.74, 6) is -0.302. The van der Waals surface area contributed by atoms with Gasteiger partial charge in [0.15, 0.2) is 11.6 Å². The molecule has 0 amide bonds. The third kappa shape index (κ3) is 3.85. The molecule has 34 heavy (non-hydrogen) atoms. The number of nitrogens with zero attached hydrogens (tertiary/aromatic N) is 2. The number of hydrogen-bond acceptors (Lipinski definition) is 5. The van der Waals surface area contributed by atoms with Crippen LogP contribution in [-0.2, 0) is 34.8 Å². The van der Waals surface area contributed by atoms with Crippen molar-refractivity contribution >= 4 is 5.78 Å². The van der Waals surface area contributed by atoms with Crippen molar-refractivity contribution in [3.63, 3.8) is 0 Å². The van der Waals surface area contributed by atoms with Crippen LogP contribution in [0.1, 0.15) is 69.1 Å². The van der Waals surface area contributed by atoms with E-state index in [1.807, 2.05) is 32.0 Å². The molecule has 1 fully saturated rings. The molecule has 178 valence electrons. The second-order valence-electron chi connectivity index (χ2n) is 9.31. The molecule has 0 bridgehead atoms. The number of ketones is 1. The molecule has 1 aliphatic carbocycles. The molecule has 0 saturated carbocycles. The lowest BCUT2D eigenvalue weighted by Gasteiger charge is -2.36. The Kier molecular flexibility index (Phi) is 6.04. The van der Waals surface area contributed by atoms with Crippen LogP contribution < -0.4 is 4.74 Å².